The Bertz CT molecular complexity index is 1130. The Morgan fingerprint density at radius 3 is 2.43 bits per heavy atom. The molecule has 0 aliphatic carbocycles. The number of nitrogens with zero attached hydrogens (tertiary/aromatic N) is 4. The minimum atomic E-state index is -0.586. The van der Waals surface area contributed by atoms with Crippen molar-refractivity contribution >= 4 is 5.91 Å². The first-order valence-electron chi connectivity index (χ1n) is 9.83. The lowest BCUT2D eigenvalue weighted by atomic mass is 10.0. The van der Waals surface area contributed by atoms with Crippen LogP contribution in [-0.4, -0.2) is 31.5 Å². The number of halogens is 1. The predicted octanol–water partition coefficient (Wildman–Crippen LogP) is 2.85. The lowest BCUT2D eigenvalue weighted by molar-refractivity contribution is 0.0914. The molecule has 0 saturated carbocycles. The van der Waals surface area contributed by atoms with Crippen molar-refractivity contribution in [2.75, 3.05) is 0 Å². The normalized spacial score (nSPS) is 12.2. The van der Waals surface area contributed by atoms with E-state index in [-0.39, 0.29) is 23.6 Å². The molecule has 2 aromatic heterocycles. The smallest absolute Gasteiger partial charge is 0.266 e. The number of rotatable bonds is 6. The van der Waals surface area contributed by atoms with Crippen LogP contribution in [0.1, 0.15) is 35.6 Å². The second-order valence-corrected chi connectivity index (χ2v) is 7.71. The predicted molar refractivity (Wildman–Crippen MR) is 113 cm³/mol. The molecular weight excluding hydrogens is 385 g/mol. The molecule has 0 fully saturated rings. The van der Waals surface area contributed by atoms with Gasteiger partial charge in [-0.15, -0.1) is 0 Å². The van der Waals surface area contributed by atoms with Crippen LogP contribution in [0.5, 0.6) is 0 Å². The highest BCUT2D eigenvalue weighted by atomic mass is 19.1. The number of carbonyl (C=O) groups excluding carboxylic acids is 1. The topological polar surface area (TPSA) is 81.8 Å². The summed E-state index contributed by atoms with van der Waals surface area (Å²) in [4.78, 5) is 25.0. The van der Waals surface area contributed by atoms with Crippen LogP contribution in [0.3, 0.4) is 0 Å². The van der Waals surface area contributed by atoms with Gasteiger partial charge in [0, 0.05) is 24.4 Å². The Balaban J connectivity index is 1.90. The number of amides is 1. The van der Waals surface area contributed by atoms with Crippen LogP contribution in [0, 0.1) is 25.6 Å². The van der Waals surface area contributed by atoms with Crippen molar-refractivity contribution in [2.24, 2.45) is 13.0 Å². The van der Waals surface area contributed by atoms with Gasteiger partial charge < -0.3 is 5.32 Å². The number of hydrogen-bond donors (Lipinski definition) is 1. The summed E-state index contributed by atoms with van der Waals surface area (Å²) in [5.41, 5.74) is 2.98. The van der Waals surface area contributed by atoms with Crippen LogP contribution >= 0.6 is 0 Å². The van der Waals surface area contributed by atoms with E-state index in [0.29, 0.717) is 5.69 Å². The van der Waals surface area contributed by atoms with Crippen LogP contribution in [0.4, 0.5) is 4.39 Å². The average Bonchev–Trinajstić information content (AvgIpc) is 2.94. The van der Waals surface area contributed by atoms with Gasteiger partial charge >= 0.3 is 0 Å². The molecule has 0 bridgehead atoms. The van der Waals surface area contributed by atoms with Crippen LogP contribution in [0.25, 0.3) is 11.3 Å². The fraction of sp³-hybridized carbons (Fsp3) is 0.364. The van der Waals surface area contributed by atoms with Gasteiger partial charge in [0.15, 0.2) is 0 Å². The molecular formula is C22H26FN5O2. The Morgan fingerprint density at radius 2 is 1.83 bits per heavy atom. The monoisotopic (exact) mass is 411 g/mol. The van der Waals surface area contributed by atoms with Crippen molar-refractivity contribution in [1.29, 1.82) is 0 Å². The molecule has 0 radical (unpaired) electrons. The van der Waals surface area contributed by atoms with Crippen LogP contribution in [-0.2, 0) is 13.6 Å². The highest BCUT2D eigenvalue weighted by Crippen LogP contribution is 2.23. The fourth-order valence-electron chi connectivity index (χ4n) is 3.36. The average molecular weight is 411 g/mol. The standard InChI is InChI=1S/C22H26FN5O2/c1-13(2)19(24-22(30)16-8-6-7-9-17(16)23)12-28-20(29)11-10-18(26-28)21-14(3)25-27(5)15(21)4/h6-11,13,19H,12H2,1-5H3,(H,24,30)/t19-/m0/s1. The zero-order valence-electron chi connectivity index (χ0n) is 17.8. The molecule has 1 N–H and O–H groups in total. The lowest BCUT2D eigenvalue weighted by Crippen LogP contribution is -2.44. The summed E-state index contributed by atoms with van der Waals surface area (Å²) in [6.45, 7) is 7.86. The minimum absolute atomic E-state index is 0.0000521. The third-order valence-corrected chi connectivity index (χ3v) is 5.24. The molecule has 158 valence electrons. The Labute approximate surface area is 174 Å². The Kier molecular flexibility index (Phi) is 6.14. The molecule has 3 rings (SSSR count). The number of aromatic nitrogens is 4. The number of carbonyl (C=O) groups is 1. The maximum absolute atomic E-state index is 14.0. The quantitative estimate of drug-likeness (QED) is 0.676. The second kappa shape index (κ2) is 8.61. The number of hydrogen-bond acceptors (Lipinski definition) is 4. The van der Waals surface area contributed by atoms with Gasteiger partial charge in [0.25, 0.3) is 11.5 Å². The summed E-state index contributed by atoms with van der Waals surface area (Å²) < 4.78 is 17.1. The van der Waals surface area contributed by atoms with E-state index >= 15 is 0 Å². The molecule has 3 aromatic rings. The summed E-state index contributed by atoms with van der Waals surface area (Å²) in [5, 5.41) is 11.8. The van der Waals surface area contributed by atoms with E-state index in [1.165, 1.54) is 28.9 Å². The lowest BCUT2D eigenvalue weighted by Gasteiger charge is -2.23. The third-order valence-electron chi connectivity index (χ3n) is 5.24. The molecule has 0 spiro atoms. The molecule has 1 aromatic carbocycles. The molecule has 0 aliphatic heterocycles. The molecule has 2 heterocycles. The van der Waals surface area contributed by atoms with E-state index in [9.17, 15) is 14.0 Å². The zero-order chi connectivity index (χ0) is 22.0. The minimum Gasteiger partial charge on any atom is -0.347 e. The third kappa shape index (κ3) is 4.32. The van der Waals surface area contributed by atoms with E-state index in [4.69, 9.17) is 0 Å². The summed E-state index contributed by atoms with van der Waals surface area (Å²) in [7, 11) is 1.86. The molecule has 30 heavy (non-hydrogen) atoms. The van der Waals surface area contributed by atoms with E-state index in [1.54, 1.807) is 16.8 Å². The van der Waals surface area contributed by atoms with Crippen molar-refractivity contribution < 1.29 is 9.18 Å². The van der Waals surface area contributed by atoms with Crippen LogP contribution in [0.15, 0.2) is 41.2 Å². The summed E-state index contributed by atoms with van der Waals surface area (Å²) in [6, 6.07) is 8.55. The fourth-order valence-corrected chi connectivity index (χ4v) is 3.36. The first-order chi connectivity index (χ1) is 14.2. The Morgan fingerprint density at radius 1 is 1.13 bits per heavy atom. The SMILES string of the molecule is Cc1nn(C)c(C)c1-c1ccc(=O)n(C[C@H](NC(=O)c2ccccc2F)C(C)C)n1. The van der Waals surface area contributed by atoms with Gasteiger partial charge in [-0.25, -0.2) is 9.07 Å². The second-order valence-electron chi connectivity index (χ2n) is 7.71. The highest BCUT2D eigenvalue weighted by molar-refractivity contribution is 5.94. The maximum Gasteiger partial charge on any atom is 0.266 e. The zero-order valence-corrected chi connectivity index (χ0v) is 17.8. The van der Waals surface area contributed by atoms with Crippen molar-refractivity contribution in [3.63, 3.8) is 0 Å². The molecule has 0 saturated heterocycles. The van der Waals surface area contributed by atoms with Crippen molar-refractivity contribution in [3.8, 4) is 11.3 Å². The van der Waals surface area contributed by atoms with Crippen LogP contribution in [0.2, 0.25) is 0 Å². The van der Waals surface area contributed by atoms with Gasteiger partial charge in [0.05, 0.1) is 29.5 Å². The largest absolute Gasteiger partial charge is 0.347 e. The maximum atomic E-state index is 14.0. The van der Waals surface area contributed by atoms with Gasteiger partial charge in [-0.2, -0.15) is 10.2 Å². The number of aryl methyl sites for hydroxylation is 2. The first kappa shape index (κ1) is 21.4. The van der Waals surface area contributed by atoms with Gasteiger partial charge in [-0.05, 0) is 38.0 Å². The van der Waals surface area contributed by atoms with E-state index in [0.717, 1.165) is 17.0 Å². The van der Waals surface area contributed by atoms with Gasteiger partial charge in [-0.3, -0.25) is 14.3 Å². The molecule has 1 amide bonds. The summed E-state index contributed by atoms with van der Waals surface area (Å²) >= 11 is 0. The summed E-state index contributed by atoms with van der Waals surface area (Å²) in [6.07, 6.45) is 0. The first-order valence-corrected chi connectivity index (χ1v) is 9.83. The van der Waals surface area contributed by atoms with Gasteiger partial charge in [0.1, 0.15) is 5.82 Å². The molecule has 0 unspecified atom stereocenters. The van der Waals surface area contributed by atoms with Crippen molar-refractivity contribution in [1.82, 2.24) is 24.9 Å². The van der Waals surface area contributed by atoms with Crippen molar-refractivity contribution in [3.05, 3.63) is 69.5 Å². The van der Waals surface area contributed by atoms with Crippen LogP contribution < -0.4 is 10.9 Å². The molecule has 0 aliphatic rings. The highest BCUT2D eigenvalue weighted by Gasteiger charge is 2.21. The molecule has 8 heteroatoms. The number of nitrogens with one attached hydrogen (secondary N) is 1. The van der Waals surface area contributed by atoms with E-state index in [2.05, 4.69) is 15.5 Å². The van der Waals surface area contributed by atoms with Gasteiger partial charge in [-0.1, -0.05) is 26.0 Å². The number of benzene rings is 1. The van der Waals surface area contributed by atoms with Crippen molar-refractivity contribution in [2.45, 2.75) is 40.3 Å². The Hall–Kier alpha value is -3.29. The van der Waals surface area contributed by atoms with E-state index < -0.39 is 17.8 Å². The summed E-state index contributed by atoms with van der Waals surface area (Å²) in [5.74, 6) is -1.10. The van der Waals surface area contributed by atoms with E-state index in [1.807, 2.05) is 34.7 Å². The molecule has 7 nitrogen and oxygen atoms in total. The van der Waals surface area contributed by atoms with Gasteiger partial charge in [0.2, 0.25) is 0 Å². The molecule has 1 atom stereocenters.